The smallest absolute Gasteiger partial charge is 0.309 e. The average Bonchev–Trinajstić information content (AvgIpc) is 2.09. The minimum atomic E-state index is -2.70. The molecule has 0 aromatic carbocycles. The van der Waals surface area contributed by atoms with Crippen molar-refractivity contribution in [1.82, 2.24) is 4.98 Å². The van der Waals surface area contributed by atoms with Gasteiger partial charge in [-0.25, -0.2) is 13.8 Å². The first-order valence-electron chi connectivity index (χ1n) is 3.76. The minimum absolute atomic E-state index is 0.0673. The first-order valence-corrected chi connectivity index (χ1v) is 5.92. The Morgan fingerprint density at radius 3 is 2.60 bits per heavy atom. The zero-order chi connectivity index (χ0) is 11.6. The summed E-state index contributed by atoms with van der Waals surface area (Å²) in [7, 11) is 0. The fourth-order valence-electron chi connectivity index (χ4n) is 0.990. The maximum Gasteiger partial charge on any atom is 0.309 e. The van der Waals surface area contributed by atoms with Gasteiger partial charge in [0.25, 0.3) is 6.43 Å². The second kappa shape index (κ2) is 5.32. The minimum Gasteiger partial charge on any atom is -0.481 e. The van der Waals surface area contributed by atoms with Crippen LogP contribution in [0.1, 0.15) is 17.7 Å². The second-order valence-electron chi connectivity index (χ2n) is 2.67. The number of halogens is 4. The van der Waals surface area contributed by atoms with Gasteiger partial charge in [0.1, 0.15) is 3.70 Å². The molecule has 1 N–H and O–H groups in total. The Bertz CT molecular complexity index is 398. The largest absolute Gasteiger partial charge is 0.481 e. The first-order chi connectivity index (χ1) is 6.91. The lowest BCUT2D eigenvalue weighted by Gasteiger charge is -2.07. The summed E-state index contributed by atoms with van der Waals surface area (Å²) in [6, 6.07) is 1.28. The molecule has 0 aliphatic heterocycles. The Hall–Kier alpha value is -0.0600. The average molecular weight is 439 g/mol. The number of hydrogen-bond donors (Lipinski definition) is 1. The molecule has 0 aliphatic rings. The molecule has 0 saturated heterocycles. The number of aliphatic carboxylic acids is 1. The molecule has 0 amide bonds. The molecular formula is C8H5F2I2NO2. The lowest BCUT2D eigenvalue weighted by Crippen LogP contribution is -2.08. The van der Waals surface area contributed by atoms with Gasteiger partial charge in [0.2, 0.25) is 0 Å². The van der Waals surface area contributed by atoms with Gasteiger partial charge in [0, 0.05) is 9.13 Å². The number of pyridine rings is 1. The molecule has 1 heterocycles. The number of hydrogen-bond acceptors (Lipinski definition) is 2. The van der Waals surface area contributed by atoms with Crippen LogP contribution in [-0.2, 0) is 11.2 Å². The predicted molar refractivity (Wildman–Crippen MR) is 66.0 cm³/mol. The summed E-state index contributed by atoms with van der Waals surface area (Å²) in [5.41, 5.74) is -0.371. The van der Waals surface area contributed by atoms with Crippen LogP contribution in [-0.4, -0.2) is 16.1 Å². The fourth-order valence-corrected chi connectivity index (χ4v) is 1.89. The van der Waals surface area contributed by atoms with Crippen molar-refractivity contribution in [3.63, 3.8) is 0 Å². The maximum atomic E-state index is 12.6. The molecule has 0 unspecified atom stereocenters. The van der Waals surface area contributed by atoms with Crippen molar-refractivity contribution >= 4 is 51.2 Å². The van der Waals surface area contributed by atoms with Gasteiger partial charge in [-0.15, -0.1) is 0 Å². The Morgan fingerprint density at radius 1 is 1.53 bits per heavy atom. The highest BCUT2D eigenvalue weighted by Crippen LogP contribution is 2.26. The van der Waals surface area contributed by atoms with Gasteiger partial charge in [0.15, 0.2) is 0 Å². The van der Waals surface area contributed by atoms with Crippen molar-refractivity contribution in [1.29, 1.82) is 0 Å². The number of alkyl halides is 2. The summed E-state index contributed by atoms with van der Waals surface area (Å²) in [6.07, 6.45) is -3.18. The van der Waals surface area contributed by atoms with Crippen LogP contribution in [0.3, 0.4) is 0 Å². The normalized spacial score (nSPS) is 10.7. The summed E-state index contributed by atoms with van der Waals surface area (Å²) < 4.78 is 26.2. The van der Waals surface area contributed by atoms with Crippen molar-refractivity contribution < 1.29 is 18.7 Å². The van der Waals surface area contributed by atoms with Gasteiger partial charge in [-0.1, -0.05) is 0 Å². The number of carboxylic acid groups (broad SMARTS) is 1. The summed E-state index contributed by atoms with van der Waals surface area (Å²) >= 11 is 3.76. The van der Waals surface area contributed by atoms with Gasteiger partial charge in [-0.3, -0.25) is 4.79 Å². The molecular weight excluding hydrogens is 434 g/mol. The molecule has 15 heavy (non-hydrogen) atoms. The monoisotopic (exact) mass is 439 g/mol. The van der Waals surface area contributed by atoms with E-state index in [2.05, 4.69) is 4.98 Å². The summed E-state index contributed by atoms with van der Waals surface area (Å²) in [5.74, 6) is -1.17. The standard InChI is InChI=1S/C8H5F2I2NO2/c9-7(10)3-1-4(11)8(12)13-5(3)2-6(14)15/h1,7H,2H2,(H,14,15). The lowest BCUT2D eigenvalue weighted by atomic mass is 10.1. The van der Waals surface area contributed by atoms with Crippen molar-refractivity contribution in [3.8, 4) is 0 Å². The molecule has 0 spiro atoms. The third-order valence-electron chi connectivity index (χ3n) is 1.60. The zero-order valence-electron chi connectivity index (χ0n) is 7.18. The van der Waals surface area contributed by atoms with Crippen LogP contribution in [0.4, 0.5) is 8.78 Å². The molecule has 7 heteroatoms. The number of carbonyl (C=O) groups is 1. The summed E-state index contributed by atoms with van der Waals surface area (Å²) in [4.78, 5) is 14.3. The first kappa shape index (κ1) is 13.0. The lowest BCUT2D eigenvalue weighted by molar-refractivity contribution is -0.136. The molecule has 3 nitrogen and oxygen atoms in total. The van der Waals surface area contributed by atoms with Crippen LogP contribution in [0.2, 0.25) is 0 Å². The van der Waals surface area contributed by atoms with Gasteiger partial charge in [-0.05, 0) is 51.2 Å². The molecule has 1 rings (SSSR count). The number of rotatable bonds is 3. The molecule has 0 bridgehead atoms. The number of aromatic nitrogens is 1. The molecule has 0 atom stereocenters. The van der Waals surface area contributed by atoms with E-state index < -0.39 is 18.8 Å². The van der Waals surface area contributed by atoms with Crippen molar-refractivity contribution in [2.75, 3.05) is 0 Å². The predicted octanol–water partition coefficient (Wildman–Crippen LogP) is 2.86. The molecule has 0 fully saturated rings. The fraction of sp³-hybridized carbons (Fsp3) is 0.250. The van der Waals surface area contributed by atoms with E-state index in [1.807, 2.05) is 45.2 Å². The summed E-state index contributed by atoms with van der Waals surface area (Å²) in [6.45, 7) is 0. The molecule has 0 aliphatic carbocycles. The van der Waals surface area contributed by atoms with E-state index in [-0.39, 0.29) is 11.3 Å². The van der Waals surface area contributed by atoms with E-state index in [0.29, 0.717) is 7.27 Å². The van der Waals surface area contributed by atoms with E-state index >= 15 is 0 Å². The van der Waals surface area contributed by atoms with Gasteiger partial charge in [0.05, 0.1) is 12.1 Å². The summed E-state index contributed by atoms with van der Waals surface area (Å²) in [5, 5.41) is 8.54. The van der Waals surface area contributed by atoms with Crippen LogP contribution >= 0.6 is 45.2 Å². The zero-order valence-corrected chi connectivity index (χ0v) is 11.5. The van der Waals surface area contributed by atoms with E-state index in [9.17, 15) is 13.6 Å². The van der Waals surface area contributed by atoms with Crippen LogP contribution < -0.4 is 0 Å². The van der Waals surface area contributed by atoms with Crippen LogP contribution in [0, 0.1) is 7.27 Å². The van der Waals surface area contributed by atoms with Gasteiger partial charge >= 0.3 is 5.97 Å². The van der Waals surface area contributed by atoms with E-state index in [0.717, 1.165) is 0 Å². The SMILES string of the molecule is O=C(O)Cc1nc(I)c(I)cc1C(F)F. The van der Waals surface area contributed by atoms with Crippen molar-refractivity contribution in [2.45, 2.75) is 12.8 Å². The highest BCUT2D eigenvalue weighted by atomic mass is 127. The molecule has 0 radical (unpaired) electrons. The third kappa shape index (κ3) is 3.47. The molecule has 82 valence electrons. The molecule has 1 aromatic rings. The van der Waals surface area contributed by atoms with Crippen LogP contribution in [0.15, 0.2) is 6.07 Å². The van der Waals surface area contributed by atoms with Crippen molar-refractivity contribution in [3.05, 3.63) is 24.6 Å². The molecule has 1 aromatic heterocycles. The van der Waals surface area contributed by atoms with E-state index in [1.54, 1.807) is 0 Å². The topological polar surface area (TPSA) is 50.2 Å². The quantitative estimate of drug-likeness (QED) is 0.583. The second-order valence-corrected chi connectivity index (χ2v) is 4.85. The van der Waals surface area contributed by atoms with Crippen molar-refractivity contribution in [2.24, 2.45) is 0 Å². The Morgan fingerprint density at radius 2 is 2.13 bits per heavy atom. The Kier molecular flexibility index (Phi) is 4.62. The number of carboxylic acids is 1. The van der Waals surface area contributed by atoms with Gasteiger partial charge in [-0.2, -0.15) is 0 Å². The van der Waals surface area contributed by atoms with Crippen LogP contribution in [0.25, 0.3) is 0 Å². The Labute approximate surface area is 112 Å². The molecule has 0 saturated carbocycles. The van der Waals surface area contributed by atoms with E-state index in [1.165, 1.54) is 6.07 Å². The maximum absolute atomic E-state index is 12.6. The Balaban J connectivity index is 3.21. The van der Waals surface area contributed by atoms with Crippen LogP contribution in [0.5, 0.6) is 0 Å². The third-order valence-corrected chi connectivity index (χ3v) is 4.28. The van der Waals surface area contributed by atoms with E-state index in [4.69, 9.17) is 5.11 Å². The number of nitrogens with zero attached hydrogens (tertiary/aromatic N) is 1. The van der Waals surface area contributed by atoms with Gasteiger partial charge < -0.3 is 5.11 Å². The highest BCUT2D eigenvalue weighted by molar-refractivity contribution is 14.1. The highest BCUT2D eigenvalue weighted by Gasteiger charge is 2.18.